The molecule has 58 valence electrons. The predicted molar refractivity (Wildman–Crippen MR) is 57.3 cm³/mol. The Balaban J connectivity index is 2.42. The fourth-order valence-corrected chi connectivity index (χ4v) is 1.50. The molecule has 0 aromatic heterocycles. The molecule has 0 saturated carbocycles. The minimum absolute atomic E-state index is 1.22. The van der Waals surface area contributed by atoms with Gasteiger partial charge in [0.15, 0.2) is 0 Å². The van der Waals surface area contributed by atoms with E-state index >= 15 is 0 Å². The summed E-state index contributed by atoms with van der Waals surface area (Å²) in [6.45, 7) is 0. The van der Waals surface area contributed by atoms with Crippen molar-refractivity contribution in [2.45, 2.75) is 0 Å². The zero-order valence-electron chi connectivity index (χ0n) is 7.27. The van der Waals surface area contributed by atoms with Gasteiger partial charge in [-0.25, -0.2) is 0 Å². The summed E-state index contributed by atoms with van der Waals surface area (Å²) in [5.41, 5.74) is 2.54. The molecular formula is C12H9Al+2. The van der Waals surface area contributed by atoms with Crippen molar-refractivity contribution in [1.82, 2.24) is 0 Å². The van der Waals surface area contributed by atoms with Gasteiger partial charge in [-0.2, -0.15) is 0 Å². The second-order valence-corrected chi connectivity index (χ2v) is 3.65. The Bertz CT molecular complexity index is 376. The van der Waals surface area contributed by atoms with Gasteiger partial charge in [0.25, 0.3) is 0 Å². The molecule has 0 fully saturated rings. The predicted octanol–water partition coefficient (Wildman–Crippen LogP) is 2.15. The third kappa shape index (κ3) is 2.01. The Morgan fingerprint density at radius 2 is 1.15 bits per heavy atom. The van der Waals surface area contributed by atoms with Gasteiger partial charge in [0.1, 0.15) is 0 Å². The molecule has 0 heterocycles. The first-order valence-electron chi connectivity index (χ1n) is 4.27. The van der Waals surface area contributed by atoms with Crippen molar-refractivity contribution in [1.29, 1.82) is 0 Å². The minimum atomic E-state index is 1.22. The van der Waals surface area contributed by atoms with Crippen LogP contribution in [0.3, 0.4) is 0 Å². The summed E-state index contributed by atoms with van der Waals surface area (Å²) in [5.74, 6) is 0. The fourth-order valence-electron chi connectivity index (χ4n) is 1.31. The van der Waals surface area contributed by atoms with Gasteiger partial charge in [0, 0.05) is 0 Å². The molecule has 0 atom stereocenters. The topological polar surface area (TPSA) is 0 Å². The maximum absolute atomic E-state index is 2.69. The van der Waals surface area contributed by atoms with E-state index in [1.165, 1.54) is 15.6 Å². The summed E-state index contributed by atoms with van der Waals surface area (Å²) in [6.07, 6.45) is 0. The van der Waals surface area contributed by atoms with Gasteiger partial charge in [-0.15, -0.1) is 0 Å². The van der Waals surface area contributed by atoms with Gasteiger partial charge in [0.2, 0.25) is 0 Å². The molecule has 0 aliphatic heterocycles. The first-order valence-corrected chi connectivity index (χ1v) is 4.85. The van der Waals surface area contributed by atoms with Crippen LogP contribution in [0.25, 0.3) is 11.1 Å². The molecule has 13 heavy (non-hydrogen) atoms. The Morgan fingerprint density at radius 1 is 0.615 bits per heavy atom. The van der Waals surface area contributed by atoms with Crippen LogP contribution in [0.2, 0.25) is 0 Å². The van der Waals surface area contributed by atoms with Crippen LogP contribution in [-0.2, 0) is 0 Å². The van der Waals surface area contributed by atoms with Crippen molar-refractivity contribution in [2.24, 2.45) is 0 Å². The Hall–Kier alpha value is -1.03. The van der Waals surface area contributed by atoms with Crippen LogP contribution in [0.4, 0.5) is 0 Å². The molecule has 0 aliphatic carbocycles. The second kappa shape index (κ2) is 3.79. The first kappa shape index (κ1) is 8.57. The quantitative estimate of drug-likeness (QED) is 0.590. The molecule has 0 unspecified atom stereocenters. The third-order valence-corrected chi connectivity index (χ3v) is 2.40. The second-order valence-electron chi connectivity index (χ2n) is 2.99. The van der Waals surface area contributed by atoms with Crippen molar-refractivity contribution in [3.05, 3.63) is 54.6 Å². The Kier molecular flexibility index (Phi) is 2.50. The Morgan fingerprint density at radius 3 is 1.77 bits per heavy atom. The van der Waals surface area contributed by atoms with E-state index in [9.17, 15) is 0 Å². The van der Waals surface area contributed by atoms with Crippen LogP contribution in [0, 0.1) is 0 Å². The van der Waals surface area contributed by atoms with Crippen molar-refractivity contribution in [3.63, 3.8) is 0 Å². The molecule has 2 aromatic carbocycles. The van der Waals surface area contributed by atoms with Crippen molar-refractivity contribution in [2.75, 3.05) is 0 Å². The molecule has 2 aromatic rings. The molecule has 0 bridgehead atoms. The molecule has 2 rings (SSSR count). The normalized spacial score (nSPS) is 10.0. The average molecular weight is 180 g/mol. The van der Waals surface area contributed by atoms with Crippen LogP contribution in [0.5, 0.6) is 0 Å². The van der Waals surface area contributed by atoms with E-state index in [0.717, 1.165) is 0 Å². The van der Waals surface area contributed by atoms with Crippen molar-refractivity contribution in [3.8, 4) is 11.1 Å². The molecule has 0 nitrogen and oxygen atoms in total. The molecular weight excluding hydrogens is 171 g/mol. The molecule has 0 radical (unpaired) electrons. The van der Waals surface area contributed by atoms with E-state index < -0.39 is 0 Å². The van der Waals surface area contributed by atoms with Gasteiger partial charge >= 0.3 is 86.4 Å². The summed E-state index contributed by atoms with van der Waals surface area (Å²) >= 11 is 2.69. The molecule has 1 heteroatoms. The van der Waals surface area contributed by atoms with Gasteiger partial charge < -0.3 is 0 Å². The van der Waals surface area contributed by atoms with E-state index in [1.54, 1.807) is 0 Å². The number of hydrogen-bond acceptors (Lipinski definition) is 0. The number of hydrogen-bond donors (Lipinski definition) is 0. The SMILES string of the molecule is [Al+2][c]1ccc(-c2ccccc2)cc1. The summed E-state index contributed by atoms with van der Waals surface area (Å²) < 4.78 is 1.22. The van der Waals surface area contributed by atoms with Crippen molar-refractivity contribution >= 4 is 20.7 Å². The monoisotopic (exact) mass is 180 g/mol. The van der Waals surface area contributed by atoms with E-state index in [-0.39, 0.29) is 0 Å². The van der Waals surface area contributed by atoms with E-state index in [4.69, 9.17) is 0 Å². The van der Waals surface area contributed by atoms with Crippen LogP contribution in [-0.4, -0.2) is 16.3 Å². The van der Waals surface area contributed by atoms with E-state index in [1.807, 2.05) is 6.07 Å². The summed E-state index contributed by atoms with van der Waals surface area (Å²) in [4.78, 5) is 0. The van der Waals surface area contributed by atoms with Gasteiger partial charge in [0.05, 0.1) is 0 Å². The van der Waals surface area contributed by atoms with Crippen molar-refractivity contribution < 1.29 is 0 Å². The zero-order valence-corrected chi connectivity index (χ0v) is 8.43. The fraction of sp³-hybridized carbons (Fsp3) is 0. The zero-order chi connectivity index (χ0) is 9.10. The first-order chi connectivity index (χ1) is 6.36. The summed E-state index contributed by atoms with van der Waals surface area (Å²) in [6, 6.07) is 18.9. The third-order valence-electron chi connectivity index (χ3n) is 2.02. The number of rotatable bonds is 1. The van der Waals surface area contributed by atoms with Crippen LogP contribution in [0.15, 0.2) is 54.6 Å². The summed E-state index contributed by atoms with van der Waals surface area (Å²) in [5, 5.41) is 0. The molecule has 0 saturated heterocycles. The van der Waals surface area contributed by atoms with E-state index in [0.29, 0.717) is 0 Å². The summed E-state index contributed by atoms with van der Waals surface area (Å²) in [7, 11) is 0. The van der Waals surface area contributed by atoms with Gasteiger partial charge in [-0.3, -0.25) is 0 Å². The van der Waals surface area contributed by atoms with Gasteiger partial charge in [-0.1, -0.05) is 0 Å². The standard InChI is InChI=1S/C12H9.Al/c1-3-7-11(8-4-1)12-9-5-2-6-10-12;/h1,3-10H;/q;+2. The molecule has 0 aliphatic rings. The average Bonchev–Trinajstić information content (AvgIpc) is 2.20. The van der Waals surface area contributed by atoms with Crippen LogP contribution >= 0.6 is 0 Å². The molecule has 0 amide bonds. The maximum atomic E-state index is 2.69. The molecule has 0 N–H and O–H groups in total. The van der Waals surface area contributed by atoms with Crippen LogP contribution < -0.4 is 4.43 Å². The Labute approximate surface area is 86.7 Å². The van der Waals surface area contributed by atoms with Gasteiger partial charge in [-0.05, 0) is 0 Å². The van der Waals surface area contributed by atoms with Crippen LogP contribution in [0.1, 0.15) is 0 Å². The van der Waals surface area contributed by atoms with E-state index in [2.05, 4.69) is 64.8 Å². The molecule has 0 spiro atoms. The number of benzene rings is 2.